The van der Waals surface area contributed by atoms with Crippen LogP contribution in [0.2, 0.25) is 0 Å². The van der Waals surface area contributed by atoms with Gasteiger partial charge in [0.1, 0.15) is 12.1 Å². The van der Waals surface area contributed by atoms with Gasteiger partial charge in [-0.15, -0.1) is 0 Å². The van der Waals surface area contributed by atoms with Gasteiger partial charge in [0.2, 0.25) is 11.9 Å². The minimum Gasteiger partial charge on any atom is -0.484 e. The topological polar surface area (TPSA) is 98.1 Å². The second-order valence-electron chi connectivity index (χ2n) is 7.12. The lowest BCUT2D eigenvalue weighted by Gasteiger charge is -2.23. The molecule has 9 heteroatoms. The highest BCUT2D eigenvalue weighted by molar-refractivity contribution is 9.10. The van der Waals surface area contributed by atoms with Gasteiger partial charge in [-0.2, -0.15) is 10.1 Å². The van der Waals surface area contributed by atoms with Crippen molar-refractivity contribution >= 4 is 39.4 Å². The van der Waals surface area contributed by atoms with Crippen LogP contribution in [0.5, 0.6) is 5.75 Å². The Morgan fingerprint density at radius 2 is 1.97 bits per heavy atom. The molecule has 1 aliphatic rings. The van der Waals surface area contributed by atoms with E-state index >= 15 is 0 Å². The molecule has 0 radical (unpaired) electrons. The van der Waals surface area contributed by atoms with Crippen LogP contribution in [0.1, 0.15) is 29.2 Å². The van der Waals surface area contributed by atoms with E-state index in [4.69, 9.17) is 4.74 Å². The van der Waals surface area contributed by atoms with Gasteiger partial charge in [-0.1, -0.05) is 28.1 Å². The van der Waals surface area contributed by atoms with Crippen molar-refractivity contribution in [3.63, 3.8) is 0 Å². The number of ether oxygens (including phenoxy) is 1. The minimum atomic E-state index is -0.233. The fourth-order valence-corrected chi connectivity index (χ4v) is 4.17. The number of aryl methyl sites for hydroxylation is 2. The Kier molecular flexibility index (Phi) is 5.54. The second kappa shape index (κ2) is 8.27. The van der Waals surface area contributed by atoms with Gasteiger partial charge in [-0.05, 0) is 54.8 Å². The first-order valence-electron chi connectivity index (χ1n) is 9.39. The van der Waals surface area contributed by atoms with E-state index in [2.05, 4.69) is 36.6 Å². The quantitative estimate of drug-likeness (QED) is 0.594. The summed E-state index contributed by atoms with van der Waals surface area (Å²) < 4.78 is 8.29. The van der Waals surface area contributed by atoms with Gasteiger partial charge in [0.05, 0.1) is 12.5 Å². The first-order valence-corrected chi connectivity index (χ1v) is 10.2. The van der Waals surface area contributed by atoms with E-state index in [1.165, 1.54) is 6.33 Å². The molecule has 0 saturated heterocycles. The average Bonchev–Trinajstić information content (AvgIpc) is 3.17. The molecule has 0 spiro atoms. The fourth-order valence-electron chi connectivity index (χ4n) is 3.48. The molecule has 0 saturated carbocycles. The van der Waals surface area contributed by atoms with Crippen LogP contribution in [-0.2, 0) is 9.59 Å². The van der Waals surface area contributed by atoms with Crippen molar-refractivity contribution < 1.29 is 14.3 Å². The summed E-state index contributed by atoms with van der Waals surface area (Å²) in [5.41, 5.74) is 3.66. The summed E-state index contributed by atoms with van der Waals surface area (Å²) in [4.78, 5) is 28.3. The van der Waals surface area contributed by atoms with Crippen LogP contribution in [0.25, 0.3) is 0 Å². The molecular formula is C21H20BrN5O3. The lowest BCUT2D eigenvalue weighted by atomic mass is 10.0. The zero-order chi connectivity index (χ0) is 21.3. The minimum absolute atomic E-state index is 0.101. The number of amides is 2. The molecule has 3 aromatic rings. The fraction of sp³-hybridized carbons (Fsp3) is 0.238. The van der Waals surface area contributed by atoms with Gasteiger partial charge in [0.25, 0.3) is 5.91 Å². The smallest absolute Gasteiger partial charge is 0.262 e. The normalized spacial score (nSPS) is 15.3. The summed E-state index contributed by atoms with van der Waals surface area (Å²) in [6.45, 7) is 3.78. The third-order valence-corrected chi connectivity index (χ3v) is 5.35. The summed E-state index contributed by atoms with van der Waals surface area (Å²) in [6.07, 6.45) is 1.70. The van der Waals surface area contributed by atoms with Crippen LogP contribution in [0.15, 0.2) is 47.2 Å². The van der Waals surface area contributed by atoms with E-state index in [0.717, 1.165) is 26.9 Å². The standard InChI is InChI=1S/C21H20BrN5O3/c1-12-7-15(22)8-13(2)20(12)25-19(29)10-30-16-5-3-14(4-6-16)17-9-18(28)26-21-23-11-24-27(17)21/h3-8,11,17H,9-10H2,1-2H3,(H,25,29)(H,23,24,26,28)/t17-/m0/s1. The Morgan fingerprint density at radius 1 is 1.27 bits per heavy atom. The molecule has 2 aromatic carbocycles. The average molecular weight is 470 g/mol. The molecule has 30 heavy (non-hydrogen) atoms. The second-order valence-corrected chi connectivity index (χ2v) is 8.03. The van der Waals surface area contributed by atoms with Crippen LogP contribution < -0.4 is 15.4 Å². The molecule has 154 valence electrons. The molecule has 1 aliphatic heterocycles. The van der Waals surface area contributed by atoms with Gasteiger partial charge in [-0.25, -0.2) is 4.68 Å². The number of benzene rings is 2. The maximum Gasteiger partial charge on any atom is 0.262 e. The predicted molar refractivity (Wildman–Crippen MR) is 116 cm³/mol. The van der Waals surface area contributed by atoms with E-state index in [1.807, 2.05) is 38.1 Å². The van der Waals surface area contributed by atoms with Crippen molar-refractivity contribution in [2.24, 2.45) is 0 Å². The number of halogens is 1. The van der Waals surface area contributed by atoms with E-state index in [1.54, 1.807) is 16.8 Å². The molecule has 1 atom stereocenters. The zero-order valence-electron chi connectivity index (χ0n) is 16.5. The van der Waals surface area contributed by atoms with Crippen molar-refractivity contribution in [3.05, 3.63) is 63.9 Å². The summed E-state index contributed by atoms with van der Waals surface area (Å²) in [5.74, 6) is 0.670. The van der Waals surface area contributed by atoms with Gasteiger partial charge in [0, 0.05) is 10.2 Å². The summed E-state index contributed by atoms with van der Waals surface area (Å²) >= 11 is 3.45. The molecule has 0 fully saturated rings. The van der Waals surface area contributed by atoms with Crippen molar-refractivity contribution in [1.29, 1.82) is 0 Å². The first kappa shape index (κ1) is 20.1. The molecule has 1 aromatic heterocycles. The Labute approximate surface area is 181 Å². The largest absolute Gasteiger partial charge is 0.484 e. The van der Waals surface area contributed by atoms with Crippen molar-refractivity contribution in [2.75, 3.05) is 17.2 Å². The number of hydrogen-bond donors (Lipinski definition) is 2. The maximum atomic E-state index is 12.3. The van der Waals surface area contributed by atoms with Crippen LogP contribution in [-0.4, -0.2) is 33.2 Å². The van der Waals surface area contributed by atoms with Crippen LogP contribution in [0.3, 0.4) is 0 Å². The lowest BCUT2D eigenvalue weighted by molar-refractivity contribution is -0.118. The Balaban J connectivity index is 1.39. The molecule has 0 unspecified atom stereocenters. The van der Waals surface area contributed by atoms with Crippen molar-refractivity contribution in [2.45, 2.75) is 26.3 Å². The Bertz CT molecular complexity index is 1090. The number of aromatic nitrogens is 3. The van der Waals surface area contributed by atoms with Gasteiger partial charge >= 0.3 is 0 Å². The number of fused-ring (bicyclic) bond motifs is 1. The number of nitrogens with zero attached hydrogens (tertiary/aromatic N) is 3. The monoisotopic (exact) mass is 469 g/mol. The molecule has 2 N–H and O–H groups in total. The van der Waals surface area contributed by atoms with Crippen LogP contribution in [0, 0.1) is 13.8 Å². The van der Waals surface area contributed by atoms with Crippen molar-refractivity contribution in [3.8, 4) is 5.75 Å². The lowest BCUT2D eigenvalue weighted by Crippen LogP contribution is -2.29. The van der Waals surface area contributed by atoms with Gasteiger partial charge in [0.15, 0.2) is 6.61 Å². The van der Waals surface area contributed by atoms with E-state index in [0.29, 0.717) is 11.7 Å². The van der Waals surface area contributed by atoms with E-state index < -0.39 is 0 Å². The first-order chi connectivity index (χ1) is 14.4. The molecule has 2 amide bonds. The van der Waals surface area contributed by atoms with E-state index in [-0.39, 0.29) is 30.9 Å². The van der Waals surface area contributed by atoms with Crippen LogP contribution in [0.4, 0.5) is 11.6 Å². The van der Waals surface area contributed by atoms with E-state index in [9.17, 15) is 9.59 Å². The number of carbonyl (C=O) groups is 2. The third kappa shape index (κ3) is 4.20. The molecule has 4 rings (SSSR count). The predicted octanol–water partition coefficient (Wildman–Crippen LogP) is 3.61. The molecule has 0 aliphatic carbocycles. The summed E-state index contributed by atoms with van der Waals surface area (Å²) in [7, 11) is 0. The highest BCUT2D eigenvalue weighted by Crippen LogP contribution is 2.29. The summed E-state index contributed by atoms with van der Waals surface area (Å²) in [5, 5.41) is 9.79. The number of nitrogens with one attached hydrogen (secondary N) is 2. The van der Waals surface area contributed by atoms with Gasteiger partial charge in [-0.3, -0.25) is 14.9 Å². The number of rotatable bonds is 5. The summed E-state index contributed by atoms with van der Waals surface area (Å²) in [6, 6.07) is 11.0. The zero-order valence-corrected chi connectivity index (χ0v) is 18.1. The molecule has 8 nitrogen and oxygen atoms in total. The third-order valence-electron chi connectivity index (χ3n) is 4.89. The highest BCUT2D eigenvalue weighted by atomic mass is 79.9. The SMILES string of the molecule is Cc1cc(Br)cc(C)c1NC(=O)COc1ccc([C@@H]2CC(=O)Nc3ncnn32)cc1. The van der Waals surface area contributed by atoms with Crippen LogP contribution >= 0.6 is 15.9 Å². The number of hydrogen-bond acceptors (Lipinski definition) is 5. The van der Waals surface area contributed by atoms with Gasteiger partial charge < -0.3 is 10.1 Å². The number of carbonyl (C=O) groups excluding carboxylic acids is 2. The van der Waals surface area contributed by atoms with Crippen molar-refractivity contribution in [1.82, 2.24) is 14.8 Å². The maximum absolute atomic E-state index is 12.3. The number of anilines is 2. The Morgan fingerprint density at radius 3 is 2.67 bits per heavy atom. The Hall–Kier alpha value is -3.20. The molecular weight excluding hydrogens is 450 g/mol. The molecule has 2 heterocycles. The highest BCUT2D eigenvalue weighted by Gasteiger charge is 2.27. The molecule has 0 bridgehead atoms.